The van der Waals surface area contributed by atoms with Crippen LogP contribution in [0.2, 0.25) is 0 Å². The zero-order chi connectivity index (χ0) is 24.3. The highest BCUT2D eigenvalue weighted by atomic mass is 19.4. The van der Waals surface area contributed by atoms with Crippen LogP contribution in [-0.2, 0) is 6.18 Å². The standard InChI is InChI=1S/C21H21F3N6O4/c1-32-15-5-3-4-14(17(15)33-2)26-20(31)30-10-8-29(9-11-30)16-7-6-13(12-25-16)18-27-19(34-28-18)21(22,23)24/h3-7,12H,8-11H2,1-2H3,(H,26,31). The summed E-state index contributed by atoms with van der Waals surface area (Å²) >= 11 is 0. The number of nitrogens with one attached hydrogen (secondary N) is 1. The Morgan fingerprint density at radius 2 is 1.85 bits per heavy atom. The monoisotopic (exact) mass is 478 g/mol. The Labute approximate surface area is 192 Å². The van der Waals surface area contributed by atoms with Crippen molar-refractivity contribution >= 4 is 17.5 Å². The lowest BCUT2D eigenvalue weighted by atomic mass is 10.2. The van der Waals surface area contributed by atoms with Crippen LogP contribution in [0.25, 0.3) is 11.4 Å². The second-order valence-electron chi connectivity index (χ2n) is 7.27. The van der Waals surface area contributed by atoms with Gasteiger partial charge in [-0.1, -0.05) is 11.2 Å². The SMILES string of the molecule is COc1cccc(NC(=O)N2CCN(c3ccc(-c4noc(C(F)(F)F)n4)cn3)CC2)c1OC. The summed E-state index contributed by atoms with van der Waals surface area (Å²) in [4.78, 5) is 24.0. The van der Waals surface area contributed by atoms with Gasteiger partial charge < -0.3 is 29.1 Å². The lowest BCUT2D eigenvalue weighted by Crippen LogP contribution is -2.50. The molecule has 3 heterocycles. The van der Waals surface area contributed by atoms with Gasteiger partial charge in [-0.25, -0.2) is 9.78 Å². The van der Waals surface area contributed by atoms with E-state index in [0.717, 1.165) is 0 Å². The van der Waals surface area contributed by atoms with Gasteiger partial charge in [-0.15, -0.1) is 0 Å². The van der Waals surface area contributed by atoms with E-state index in [4.69, 9.17) is 9.47 Å². The smallest absolute Gasteiger partial charge is 0.471 e. The van der Waals surface area contributed by atoms with E-state index >= 15 is 0 Å². The van der Waals surface area contributed by atoms with Crippen LogP contribution in [0.3, 0.4) is 0 Å². The molecule has 3 aromatic rings. The van der Waals surface area contributed by atoms with Gasteiger partial charge in [0.05, 0.1) is 19.9 Å². The average Bonchev–Trinajstić information content (AvgIpc) is 3.35. The summed E-state index contributed by atoms with van der Waals surface area (Å²) in [6.07, 6.45) is -3.32. The number of urea groups is 1. The Hall–Kier alpha value is -4.03. The summed E-state index contributed by atoms with van der Waals surface area (Å²) in [5, 5.41) is 6.20. The van der Waals surface area contributed by atoms with E-state index in [0.29, 0.717) is 54.7 Å². The molecule has 2 aromatic heterocycles. The van der Waals surface area contributed by atoms with Crippen molar-refractivity contribution < 1.29 is 32.0 Å². The number of pyridine rings is 1. The van der Waals surface area contributed by atoms with Gasteiger partial charge in [0.15, 0.2) is 11.5 Å². The topological polar surface area (TPSA) is 106 Å². The number of carbonyl (C=O) groups is 1. The summed E-state index contributed by atoms with van der Waals surface area (Å²) in [5.41, 5.74) is 0.801. The maximum absolute atomic E-state index is 12.7. The van der Waals surface area contributed by atoms with E-state index in [2.05, 4.69) is 25.0 Å². The highest BCUT2D eigenvalue weighted by Crippen LogP contribution is 2.35. The third-order valence-electron chi connectivity index (χ3n) is 5.21. The van der Waals surface area contributed by atoms with Gasteiger partial charge in [0.2, 0.25) is 5.82 Å². The number of hydrogen-bond donors (Lipinski definition) is 1. The lowest BCUT2D eigenvalue weighted by Gasteiger charge is -2.35. The number of methoxy groups -OCH3 is 2. The lowest BCUT2D eigenvalue weighted by molar-refractivity contribution is -0.159. The van der Waals surface area contributed by atoms with Crippen molar-refractivity contribution in [2.75, 3.05) is 50.6 Å². The molecule has 0 unspecified atom stereocenters. The molecular formula is C21H21F3N6O4. The molecule has 1 aromatic carbocycles. The number of piperazine rings is 1. The second kappa shape index (κ2) is 9.45. The minimum Gasteiger partial charge on any atom is -0.493 e. The fourth-order valence-corrected chi connectivity index (χ4v) is 3.48. The number of halogens is 3. The Kier molecular flexibility index (Phi) is 6.43. The molecule has 1 N–H and O–H groups in total. The van der Waals surface area contributed by atoms with Gasteiger partial charge in [0, 0.05) is 37.9 Å². The molecular weight excluding hydrogens is 457 g/mol. The maximum atomic E-state index is 12.7. The van der Waals surface area contributed by atoms with Gasteiger partial charge in [-0.05, 0) is 24.3 Å². The normalized spacial score (nSPS) is 14.1. The molecule has 0 spiro atoms. The molecule has 34 heavy (non-hydrogen) atoms. The Balaban J connectivity index is 1.36. The predicted octanol–water partition coefficient (Wildman–Crippen LogP) is 3.52. The maximum Gasteiger partial charge on any atom is 0.471 e. The van der Waals surface area contributed by atoms with Crippen molar-refractivity contribution in [1.82, 2.24) is 20.0 Å². The molecule has 2 amide bonds. The van der Waals surface area contributed by atoms with E-state index in [1.165, 1.54) is 20.4 Å². The van der Waals surface area contributed by atoms with Gasteiger partial charge in [0.1, 0.15) is 5.82 Å². The minimum atomic E-state index is -4.71. The largest absolute Gasteiger partial charge is 0.493 e. The number of anilines is 2. The number of rotatable bonds is 5. The van der Waals surface area contributed by atoms with Gasteiger partial charge >= 0.3 is 18.1 Å². The first-order chi connectivity index (χ1) is 16.3. The van der Waals surface area contributed by atoms with Crippen molar-refractivity contribution in [2.45, 2.75) is 6.18 Å². The molecule has 10 nitrogen and oxygen atoms in total. The zero-order valence-corrected chi connectivity index (χ0v) is 18.3. The first kappa shape index (κ1) is 23.1. The number of para-hydroxylation sites is 1. The molecule has 0 radical (unpaired) electrons. The molecule has 0 atom stereocenters. The number of carbonyl (C=O) groups excluding carboxylic acids is 1. The van der Waals surface area contributed by atoms with E-state index < -0.39 is 12.1 Å². The fraction of sp³-hybridized carbons (Fsp3) is 0.333. The Morgan fingerprint density at radius 3 is 2.44 bits per heavy atom. The molecule has 0 saturated carbocycles. The molecule has 0 aliphatic carbocycles. The summed E-state index contributed by atoms with van der Waals surface area (Å²) < 4.78 is 52.8. The van der Waals surface area contributed by atoms with E-state index in [1.54, 1.807) is 35.2 Å². The van der Waals surface area contributed by atoms with Crippen LogP contribution in [0.15, 0.2) is 41.1 Å². The van der Waals surface area contributed by atoms with Crippen LogP contribution in [0.4, 0.5) is 29.5 Å². The van der Waals surface area contributed by atoms with Crippen molar-refractivity contribution in [2.24, 2.45) is 0 Å². The van der Waals surface area contributed by atoms with Crippen LogP contribution in [0.5, 0.6) is 11.5 Å². The number of alkyl halides is 3. The van der Waals surface area contributed by atoms with Crippen LogP contribution in [0, 0.1) is 0 Å². The van der Waals surface area contributed by atoms with E-state index in [9.17, 15) is 18.0 Å². The summed E-state index contributed by atoms with van der Waals surface area (Å²) in [7, 11) is 3.02. The predicted molar refractivity (Wildman–Crippen MR) is 115 cm³/mol. The second-order valence-corrected chi connectivity index (χ2v) is 7.27. The van der Waals surface area contributed by atoms with Crippen LogP contribution < -0.4 is 19.7 Å². The molecule has 13 heteroatoms. The Morgan fingerprint density at radius 1 is 1.09 bits per heavy atom. The van der Waals surface area contributed by atoms with Crippen LogP contribution in [-0.4, -0.2) is 66.5 Å². The van der Waals surface area contributed by atoms with Gasteiger partial charge in [-0.2, -0.15) is 18.2 Å². The molecule has 1 fully saturated rings. The molecule has 1 aliphatic rings. The van der Waals surface area contributed by atoms with E-state index in [-0.39, 0.29) is 11.9 Å². The van der Waals surface area contributed by atoms with Gasteiger partial charge in [-0.3, -0.25) is 0 Å². The number of ether oxygens (including phenoxy) is 2. The third-order valence-corrected chi connectivity index (χ3v) is 5.21. The number of hydrogen-bond acceptors (Lipinski definition) is 8. The number of benzene rings is 1. The first-order valence-corrected chi connectivity index (χ1v) is 10.2. The molecule has 0 bridgehead atoms. The first-order valence-electron chi connectivity index (χ1n) is 10.2. The Bertz CT molecular complexity index is 1140. The molecule has 1 saturated heterocycles. The van der Waals surface area contributed by atoms with Crippen LogP contribution >= 0.6 is 0 Å². The fourth-order valence-electron chi connectivity index (χ4n) is 3.48. The number of aromatic nitrogens is 3. The number of nitrogens with zero attached hydrogens (tertiary/aromatic N) is 5. The highest BCUT2D eigenvalue weighted by molar-refractivity contribution is 5.91. The van der Waals surface area contributed by atoms with Crippen molar-refractivity contribution in [3.05, 3.63) is 42.4 Å². The zero-order valence-electron chi connectivity index (χ0n) is 18.3. The minimum absolute atomic E-state index is 0.194. The molecule has 4 rings (SSSR count). The van der Waals surface area contributed by atoms with Crippen molar-refractivity contribution in [3.8, 4) is 22.9 Å². The average molecular weight is 478 g/mol. The summed E-state index contributed by atoms with van der Waals surface area (Å²) in [6.45, 7) is 1.94. The van der Waals surface area contributed by atoms with Crippen LogP contribution in [0.1, 0.15) is 5.89 Å². The van der Waals surface area contributed by atoms with Crippen molar-refractivity contribution in [3.63, 3.8) is 0 Å². The highest BCUT2D eigenvalue weighted by Gasteiger charge is 2.38. The van der Waals surface area contributed by atoms with Crippen molar-refractivity contribution in [1.29, 1.82) is 0 Å². The number of amides is 2. The molecule has 1 aliphatic heterocycles. The quantitative estimate of drug-likeness (QED) is 0.594. The third kappa shape index (κ3) is 4.82. The van der Waals surface area contributed by atoms with Gasteiger partial charge in [0.25, 0.3) is 0 Å². The molecule has 180 valence electrons. The summed E-state index contributed by atoms with van der Waals surface area (Å²) in [5.74, 6) is -0.0356. The van der Waals surface area contributed by atoms with E-state index in [1.807, 2.05) is 4.90 Å². The summed E-state index contributed by atoms with van der Waals surface area (Å²) in [6, 6.07) is 8.18.